The van der Waals surface area contributed by atoms with Crippen LogP contribution in [0.25, 0.3) is 0 Å². The van der Waals surface area contributed by atoms with Crippen LogP contribution in [0.1, 0.15) is 9.75 Å². The third-order valence-electron chi connectivity index (χ3n) is 2.23. The number of nitrogens with zero attached hydrogens (tertiary/aromatic N) is 2. The van der Waals surface area contributed by atoms with Gasteiger partial charge in [-0.15, -0.1) is 11.3 Å². The van der Waals surface area contributed by atoms with Crippen LogP contribution < -0.4 is 0 Å². The number of benzene rings is 1. The maximum absolute atomic E-state index is 13.4. The lowest BCUT2D eigenvalue weighted by Crippen LogP contribution is -1.88. The number of non-ortho nitro benzene ring substituents is 1. The van der Waals surface area contributed by atoms with Gasteiger partial charge in [-0.3, -0.25) is 15.1 Å². The smallest absolute Gasteiger partial charge is 0.258 e. The average Bonchev–Trinajstić information content (AvgIpc) is 2.74. The lowest BCUT2D eigenvalue weighted by Gasteiger charge is -1.96. The maximum atomic E-state index is 13.4. The topological polar surface area (TPSA) is 55.5 Å². The number of halogens is 1. The Labute approximate surface area is 107 Å². The molecule has 2 rings (SSSR count). The van der Waals surface area contributed by atoms with Crippen LogP contribution in [0.15, 0.2) is 35.3 Å². The summed E-state index contributed by atoms with van der Waals surface area (Å²) >= 11 is 1.52. The molecular formula is C12H9FN2O2S. The average molecular weight is 264 g/mol. The first kappa shape index (κ1) is 12.4. The number of thiophene rings is 1. The molecule has 0 bridgehead atoms. The number of aliphatic imine (C=N–C) groups is 1. The van der Waals surface area contributed by atoms with Gasteiger partial charge in [0.1, 0.15) is 11.5 Å². The monoisotopic (exact) mass is 264 g/mol. The summed E-state index contributed by atoms with van der Waals surface area (Å²) in [6, 6.07) is 7.06. The van der Waals surface area contributed by atoms with Crippen LogP contribution in [0.3, 0.4) is 0 Å². The van der Waals surface area contributed by atoms with E-state index >= 15 is 0 Å². The van der Waals surface area contributed by atoms with E-state index in [4.69, 9.17) is 0 Å². The predicted octanol–water partition coefficient (Wildman–Crippen LogP) is 3.85. The molecule has 0 fully saturated rings. The molecule has 0 atom stereocenters. The summed E-state index contributed by atoms with van der Waals surface area (Å²) in [5, 5.41) is 10.6. The van der Waals surface area contributed by atoms with E-state index in [0.29, 0.717) is 0 Å². The zero-order valence-electron chi connectivity index (χ0n) is 9.46. The van der Waals surface area contributed by atoms with Crippen molar-refractivity contribution in [1.29, 1.82) is 0 Å². The Morgan fingerprint density at radius 2 is 2.17 bits per heavy atom. The Morgan fingerprint density at radius 3 is 2.78 bits per heavy atom. The molecule has 0 N–H and O–H groups in total. The van der Waals surface area contributed by atoms with E-state index < -0.39 is 10.7 Å². The molecule has 92 valence electrons. The molecule has 0 spiro atoms. The fourth-order valence-electron chi connectivity index (χ4n) is 1.37. The Hall–Kier alpha value is -2.08. The van der Waals surface area contributed by atoms with Gasteiger partial charge < -0.3 is 0 Å². The number of hydrogen-bond acceptors (Lipinski definition) is 4. The SMILES string of the molecule is Cc1ccc(C=Nc2cc([N+](=O)[O-])ccc2F)s1. The largest absolute Gasteiger partial charge is 0.271 e. The summed E-state index contributed by atoms with van der Waals surface area (Å²) in [4.78, 5) is 15.9. The summed E-state index contributed by atoms with van der Waals surface area (Å²) in [5.41, 5.74) is -0.207. The van der Waals surface area contributed by atoms with Crippen LogP contribution in [-0.2, 0) is 0 Å². The van der Waals surface area contributed by atoms with E-state index in [2.05, 4.69) is 4.99 Å². The minimum Gasteiger partial charge on any atom is -0.258 e. The van der Waals surface area contributed by atoms with Crippen molar-refractivity contribution in [3.05, 3.63) is 56.0 Å². The lowest BCUT2D eigenvalue weighted by molar-refractivity contribution is -0.384. The van der Waals surface area contributed by atoms with E-state index in [9.17, 15) is 14.5 Å². The zero-order chi connectivity index (χ0) is 13.1. The second kappa shape index (κ2) is 5.05. The predicted molar refractivity (Wildman–Crippen MR) is 69.4 cm³/mol. The van der Waals surface area contributed by atoms with Gasteiger partial charge in [-0.05, 0) is 25.1 Å². The molecule has 0 aliphatic carbocycles. The molecule has 2 aromatic rings. The van der Waals surface area contributed by atoms with Gasteiger partial charge in [0, 0.05) is 28.1 Å². The minimum absolute atomic E-state index is 0.0322. The Kier molecular flexibility index (Phi) is 3.47. The Morgan fingerprint density at radius 1 is 1.39 bits per heavy atom. The Bertz CT molecular complexity index is 622. The normalized spacial score (nSPS) is 11.0. The van der Waals surface area contributed by atoms with Crippen molar-refractivity contribution in [2.45, 2.75) is 6.92 Å². The van der Waals surface area contributed by atoms with Crippen LogP contribution in [0.4, 0.5) is 15.8 Å². The van der Waals surface area contributed by atoms with E-state index in [-0.39, 0.29) is 11.4 Å². The van der Waals surface area contributed by atoms with E-state index in [1.165, 1.54) is 17.6 Å². The van der Waals surface area contributed by atoms with Crippen molar-refractivity contribution in [3.63, 3.8) is 0 Å². The highest BCUT2D eigenvalue weighted by molar-refractivity contribution is 7.13. The lowest BCUT2D eigenvalue weighted by atomic mass is 10.3. The number of nitro groups is 1. The molecule has 0 aliphatic rings. The van der Waals surface area contributed by atoms with Crippen molar-refractivity contribution < 1.29 is 9.31 Å². The molecule has 0 saturated heterocycles. The third-order valence-corrected chi connectivity index (χ3v) is 3.17. The Balaban J connectivity index is 2.30. The summed E-state index contributed by atoms with van der Waals surface area (Å²) in [6.07, 6.45) is 1.50. The van der Waals surface area contributed by atoms with Gasteiger partial charge in [-0.25, -0.2) is 4.39 Å². The third kappa shape index (κ3) is 2.78. The first-order valence-corrected chi connectivity index (χ1v) is 5.92. The first-order chi connectivity index (χ1) is 8.56. The summed E-state index contributed by atoms with van der Waals surface area (Å²) in [5.74, 6) is -0.579. The molecule has 0 aliphatic heterocycles. The summed E-state index contributed by atoms with van der Waals surface area (Å²) < 4.78 is 13.4. The van der Waals surface area contributed by atoms with Crippen molar-refractivity contribution in [3.8, 4) is 0 Å². The number of rotatable bonds is 3. The fourth-order valence-corrected chi connectivity index (χ4v) is 2.12. The molecule has 0 radical (unpaired) electrons. The molecule has 1 heterocycles. The van der Waals surface area contributed by atoms with Crippen molar-refractivity contribution in [2.75, 3.05) is 0 Å². The molecular weight excluding hydrogens is 255 g/mol. The van der Waals surface area contributed by atoms with Gasteiger partial charge in [-0.1, -0.05) is 0 Å². The van der Waals surface area contributed by atoms with E-state index in [1.54, 1.807) is 0 Å². The van der Waals surface area contributed by atoms with Crippen molar-refractivity contribution in [2.24, 2.45) is 4.99 Å². The standard InChI is InChI=1S/C12H9FN2O2S/c1-8-2-4-10(18-8)7-14-12-6-9(15(16)17)3-5-11(12)13/h2-7H,1H3. The quantitative estimate of drug-likeness (QED) is 0.480. The van der Waals surface area contributed by atoms with E-state index in [0.717, 1.165) is 28.0 Å². The maximum Gasteiger partial charge on any atom is 0.271 e. The number of aryl methyl sites for hydroxylation is 1. The highest BCUT2D eigenvalue weighted by atomic mass is 32.1. The first-order valence-electron chi connectivity index (χ1n) is 5.11. The second-order valence-corrected chi connectivity index (χ2v) is 4.92. The van der Waals surface area contributed by atoms with Crippen LogP contribution in [-0.4, -0.2) is 11.1 Å². The molecule has 0 amide bonds. The molecule has 0 saturated carbocycles. The van der Waals surface area contributed by atoms with Crippen LogP contribution in [0, 0.1) is 22.9 Å². The van der Waals surface area contributed by atoms with Gasteiger partial charge >= 0.3 is 0 Å². The fraction of sp³-hybridized carbons (Fsp3) is 0.0833. The van der Waals surface area contributed by atoms with Crippen LogP contribution in [0.2, 0.25) is 0 Å². The zero-order valence-corrected chi connectivity index (χ0v) is 10.3. The molecule has 18 heavy (non-hydrogen) atoms. The van der Waals surface area contributed by atoms with Crippen molar-refractivity contribution in [1.82, 2.24) is 0 Å². The van der Waals surface area contributed by atoms with Crippen LogP contribution >= 0.6 is 11.3 Å². The molecule has 0 unspecified atom stereocenters. The summed E-state index contributed by atoms with van der Waals surface area (Å²) in [7, 11) is 0. The highest BCUT2D eigenvalue weighted by Gasteiger charge is 2.09. The van der Waals surface area contributed by atoms with E-state index in [1.807, 2.05) is 19.1 Å². The van der Waals surface area contributed by atoms with Gasteiger partial charge in [0.05, 0.1) is 4.92 Å². The number of hydrogen-bond donors (Lipinski definition) is 0. The van der Waals surface area contributed by atoms with Gasteiger partial charge in [0.25, 0.3) is 5.69 Å². The second-order valence-electron chi connectivity index (χ2n) is 3.60. The van der Waals surface area contributed by atoms with Gasteiger partial charge in [0.2, 0.25) is 0 Å². The van der Waals surface area contributed by atoms with Crippen molar-refractivity contribution >= 4 is 28.9 Å². The molecule has 1 aromatic carbocycles. The van der Waals surface area contributed by atoms with Crippen LogP contribution in [0.5, 0.6) is 0 Å². The van der Waals surface area contributed by atoms with Gasteiger partial charge in [-0.2, -0.15) is 0 Å². The number of nitro benzene ring substituents is 1. The highest BCUT2D eigenvalue weighted by Crippen LogP contribution is 2.24. The van der Waals surface area contributed by atoms with Gasteiger partial charge in [0.15, 0.2) is 0 Å². The molecule has 4 nitrogen and oxygen atoms in total. The summed E-state index contributed by atoms with van der Waals surface area (Å²) in [6.45, 7) is 1.95. The molecule has 1 aromatic heterocycles. The molecule has 6 heteroatoms. The minimum atomic E-state index is -0.579.